The maximum atomic E-state index is 12.3. The van der Waals surface area contributed by atoms with Crippen molar-refractivity contribution in [3.63, 3.8) is 0 Å². The van der Waals surface area contributed by atoms with Gasteiger partial charge in [0.1, 0.15) is 0 Å². The summed E-state index contributed by atoms with van der Waals surface area (Å²) in [5, 5.41) is 0. The van der Waals surface area contributed by atoms with Crippen molar-refractivity contribution in [2.75, 3.05) is 11.5 Å². The van der Waals surface area contributed by atoms with E-state index in [0.717, 1.165) is 0 Å². The summed E-state index contributed by atoms with van der Waals surface area (Å²) in [6, 6.07) is 2.35. The van der Waals surface area contributed by atoms with Gasteiger partial charge in [0, 0.05) is 23.5 Å². The minimum absolute atomic E-state index is 0.239. The van der Waals surface area contributed by atoms with Crippen LogP contribution in [0, 0.1) is 0 Å². The molecule has 0 fully saturated rings. The zero-order valence-corrected chi connectivity index (χ0v) is 10.8. The Bertz CT molecular complexity index is 612. The molecule has 2 heterocycles. The second kappa shape index (κ2) is 6.33. The van der Waals surface area contributed by atoms with Gasteiger partial charge in [0.05, 0.1) is 0 Å². The van der Waals surface area contributed by atoms with Crippen LogP contribution < -0.4 is 20.9 Å². The van der Waals surface area contributed by atoms with Crippen LogP contribution in [0.1, 0.15) is 0 Å². The van der Waals surface area contributed by atoms with Gasteiger partial charge in [-0.2, -0.15) is 17.6 Å². The highest BCUT2D eigenvalue weighted by molar-refractivity contribution is 5.69. The van der Waals surface area contributed by atoms with E-state index in [1.165, 1.54) is 24.5 Å². The number of halogens is 4. The normalized spacial score (nSPS) is 11.0. The molecule has 2 rings (SSSR count). The van der Waals surface area contributed by atoms with Crippen molar-refractivity contribution in [1.29, 1.82) is 0 Å². The van der Waals surface area contributed by atoms with Gasteiger partial charge in [0.15, 0.2) is 23.1 Å². The summed E-state index contributed by atoms with van der Waals surface area (Å²) in [5.41, 5.74) is 11.3. The van der Waals surface area contributed by atoms with Crippen molar-refractivity contribution in [2.24, 2.45) is 0 Å². The van der Waals surface area contributed by atoms with E-state index < -0.39 is 13.2 Å². The van der Waals surface area contributed by atoms with E-state index in [0.29, 0.717) is 0 Å². The molecule has 0 spiro atoms. The van der Waals surface area contributed by atoms with Gasteiger partial charge in [-0.3, -0.25) is 0 Å². The lowest BCUT2D eigenvalue weighted by Gasteiger charge is -2.11. The van der Waals surface area contributed by atoms with Crippen molar-refractivity contribution >= 4 is 11.6 Å². The van der Waals surface area contributed by atoms with E-state index in [1.54, 1.807) is 0 Å². The average molecular weight is 318 g/mol. The first-order valence-corrected chi connectivity index (χ1v) is 5.78. The number of rotatable bonds is 5. The predicted molar refractivity (Wildman–Crippen MR) is 69.6 cm³/mol. The molecule has 2 aromatic heterocycles. The van der Waals surface area contributed by atoms with Gasteiger partial charge in [-0.15, -0.1) is 0 Å². The molecular formula is C12H10F4N4O2. The first kappa shape index (κ1) is 15.6. The third-order valence-corrected chi connectivity index (χ3v) is 2.53. The Kier molecular flexibility index (Phi) is 4.49. The summed E-state index contributed by atoms with van der Waals surface area (Å²) in [5.74, 6) is -1.17. The van der Waals surface area contributed by atoms with Gasteiger partial charge in [-0.05, 0) is 12.1 Å². The Hall–Kier alpha value is -2.78. The molecule has 0 saturated carbocycles. The SMILES string of the molecule is Nc1ncc(-c2cnc(N)c(OC(F)F)c2)cc1OC(F)F. The summed E-state index contributed by atoms with van der Waals surface area (Å²) < 4.78 is 57.4. The molecule has 0 aliphatic carbocycles. The molecule has 0 radical (unpaired) electrons. The molecule has 10 heteroatoms. The highest BCUT2D eigenvalue weighted by atomic mass is 19.3. The predicted octanol–water partition coefficient (Wildman–Crippen LogP) is 2.51. The van der Waals surface area contributed by atoms with Gasteiger partial charge >= 0.3 is 13.2 Å². The molecule has 0 saturated heterocycles. The second-order valence-corrected chi connectivity index (χ2v) is 3.97. The van der Waals surface area contributed by atoms with Crippen LogP contribution in [0.3, 0.4) is 0 Å². The number of aromatic nitrogens is 2. The van der Waals surface area contributed by atoms with Crippen molar-refractivity contribution in [2.45, 2.75) is 13.2 Å². The molecule has 0 amide bonds. The number of pyridine rings is 2. The summed E-state index contributed by atoms with van der Waals surface area (Å²) in [7, 11) is 0. The molecule has 0 aliphatic rings. The lowest BCUT2D eigenvalue weighted by atomic mass is 10.1. The van der Waals surface area contributed by atoms with E-state index in [9.17, 15) is 17.6 Å². The van der Waals surface area contributed by atoms with Crippen LogP contribution in [0.2, 0.25) is 0 Å². The van der Waals surface area contributed by atoms with Crippen LogP contribution in [-0.2, 0) is 0 Å². The maximum absolute atomic E-state index is 12.3. The van der Waals surface area contributed by atoms with E-state index in [4.69, 9.17) is 11.5 Å². The monoisotopic (exact) mass is 318 g/mol. The van der Waals surface area contributed by atoms with Crippen molar-refractivity contribution in [3.05, 3.63) is 24.5 Å². The van der Waals surface area contributed by atoms with Crippen molar-refractivity contribution < 1.29 is 27.0 Å². The number of nitrogen functional groups attached to an aromatic ring is 2. The average Bonchev–Trinajstić information content (AvgIpc) is 2.43. The number of anilines is 2. The number of hydrogen-bond donors (Lipinski definition) is 2. The highest BCUT2D eigenvalue weighted by Crippen LogP contribution is 2.31. The topological polar surface area (TPSA) is 96.3 Å². The molecule has 2 aromatic rings. The third kappa shape index (κ3) is 3.65. The fourth-order valence-corrected chi connectivity index (χ4v) is 1.61. The number of nitrogens with zero attached hydrogens (tertiary/aromatic N) is 2. The van der Waals surface area contributed by atoms with E-state index in [-0.39, 0.29) is 34.3 Å². The molecular weight excluding hydrogens is 308 g/mol. The summed E-state index contributed by atoms with van der Waals surface area (Å²) >= 11 is 0. The minimum atomic E-state index is -3.08. The molecule has 0 atom stereocenters. The van der Waals surface area contributed by atoms with Crippen LogP contribution >= 0.6 is 0 Å². The van der Waals surface area contributed by atoms with Crippen LogP contribution in [0.25, 0.3) is 11.1 Å². The third-order valence-electron chi connectivity index (χ3n) is 2.53. The lowest BCUT2D eigenvalue weighted by molar-refractivity contribution is -0.0502. The fourth-order valence-electron chi connectivity index (χ4n) is 1.61. The molecule has 0 aliphatic heterocycles. The zero-order chi connectivity index (χ0) is 16.3. The standard InChI is InChI=1S/C12H10F4N4O2/c13-11(14)21-7-1-5(3-19-9(7)17)6-2-8(22-12(15)16)10(18)20-4-6/h1-4,11-12H,(H2,17,19)(H2,18,20). The van der Waals surface area contributed by atoms with Gasteiger partial charge in [-0.1, -0.05) is 0 Å². The zero-order valence-electron chi connectivity index (χ0n) is 10.8. The number of alkyl halides is 4. The van der Waals surface area contributed by atoms with Gasteiger partial charge in [0.2, 0.25) is 0 Å². The summed E-state index contributed by atoms with van der Waals surface area (Å²) in [6.07, 6.45) is 2.49. The molecule has 0 bridgehead atoms. The highest BCUT2D eigenvalue weighted by Gasteiger charge is 2.14. The fraction of sp³-hybridized carbons (Fsp3) is 0.167. The van der Waals surface area contributed by atoms with Crippen molar-refractivity contribution in [3.8, 4) is 22.6 Å². The van der Waals surface area contributed by atoms with Crippen molar-refractivity contribution in [1.82, 2.24) is 9.97 Å². The van der Waals surface area contributed by atoms with E-state index in [2.05, 4.69) is 19.4 Å². The molecule has 118 valence electrons. The second-order valence-electron chi connectivity index (χ2n) is 3.97. The van der Waals surface area contributed by atoms with Gasteiger partial charge in [0.25, 0.3) is 0 Å². The summed E-state index contributed by atoms with van der Waals surface area (Å²) in [6.45, 7) is -6.16. The molecule has 0 unspecified atom stereocenters. The Morgan fingerprint density at radius 1 is 0.773 bits per heavy atom. The van der Waals surface area contributed by atoms with Crippen LogP contribution in [0.15, 0.2) is 24.5 Å². The van der Waals surface area contributed by atoms with E-state index >= 15 is 0 Å². The molecule has 0 aromatic carbocycles. The number of ether oxygens (including phenoxy) is 2. The smallest absolute Gasteiger partial charge is 0.387 e. The molecule has 22 heavy (non-hydrogen) atoms. The Morgan fingerprint density at radius 2 is 1.14 bits per heavy atom. The Labute approximate surface area is 121 Å². The van der Waals surface area contributed by atoms with Gasteiger partial charge in [-0.25, -0.2) is 9.97 Å². The van der Waals surface area contributed by atoms with E-state index in [1.807, 2.05) is 0 Å². The molecule has 4 N–H and O–H groups in total. The summed E-state index contributed by atoms with van der Waals surface area (Å²) in [4.78, 5) is 7.39. The number of hydrogen-bond acceptors (Lipinski definition) is 6. The largest absolute Gasteiger partial charge is 0.431 e. The minimum Gasteiger partial charge on any atom is -0.431 e. The Morgan fingerprint density at radius 3 is 1.45 bits per heavy atom. The van der Waals surface area contributed by atoms with Crippen LogP contribution in [0.4, 0.5) is 29.2 Å². The first-order chi connectivity index (χ1) is 10.4. The lowest BCUT2D eigenvalue weighted by Crippen LogP contribution is -2.07. The van der Waals surface area contributed by atoms with Crippen LogP contribution in [0.5, 0.6) is 11.5 Å². The number of nitrogens with two attached hydrogens (primary N) is 2. The Balaban J connectivity index is 2.39. The van der Waals surface area contributed by atoms with Crippen LogP contribution in [-0.4, -0.2) is 23.2 Å². The molecule has 6 nitrogen and oxygen atoms in total. The first-order valence-electron chi connectivity index (χ1n) is 5.78. The quantitative estimate of drug-likeness (QED) is 0.822. The van der Waals surface area contributed by atoms with Gasteiger partial charge < -0.3 is 20.9 Å². The maximum Gasteiger partial charge on any atom is 0.387 e.